The smallest absolute Gasteiger partial charge is 0.0966 e. The van der Waals surface area contributed by atoms with Crippen LogP contribution in [0.25, 0.3) is 0 Å². The van der Waals surface area contributed by atoms with Gasteiger partial charge in [-0.05, 0) is 30.5 Å². The van der Waals surface area contributed by atoms with Gasteiger partial charge in [0.25, 0.3) is 0 Å². The normalized spacial score (nSPS) is 12.9. The van der Waals surface area contributed by atoms with Crippen molar-refractivity contribution >= 4 is 0 Å². The van der Waals surface area contributed by atoms with Crippen molar-refractivity contribution in [1.82, 2.24) is 5.32 Å². The van der Waals surface area contributed by atoms with Gasteiger partial charge in [-0.1, -0.05) is 91.0 Å². The third-order valence-electron chi connectivity index (χ3n) is 4.96. The van der Waals surface area contributed by atoms with Crippen molar-refractivity contribution in [3.8, 4) is 0 Å². The molecule has 1 unspecified atom stereocenters. The van der Waals surface area contributed by atoms with Crippen molar-refractivity contribution in [2.24, 2.45) is 0 Å². The molecular weight excluding hydrogens is 318 g/mol. The first-order chi connectivity index (χ1) is 12.6. The van der Waals surface area contributed by atoms with Crippen molar-refractivity contribution in [2.75, 3.05) is 6.54 Å². The molecule has 0 saturated heterocycles. The Balaban J connectivity index is 1.79. The topological polar surface area (TPSA) is 32.3 Å². The molecule has 2 N–H and O–H groups in total. The highest BCUT2D eigenvalue weighted by Crippen LogP contribution is 2.28. The molecule has 1 atom stereocenters. The van der Waals surface area contributed by atoms with Crippen LogP contribution in [0.5, 0.6) is 0 Å². The van der Waals surface area contributed by atoms with E-state index in [1.54, 1.807) is 0 Å². The Morgan fingerprint density at radius 3 is 1.50 bits per heavy atom. The molecule has 0 heterocycles. The molecule has 0 aliphatic heterocycles. The molecule has 2 heteroatoms. The summed E-state index contributed by atoms with van der Waals surface area (Å²) in [6.07, 6.45) is -0.573. The number of hydrogen-bond donors (Lipinski definition) is 2. The fourth-order valence-electron chi connectivity index (χ4n) is 3.31. The molecule has 0 aliphatic carbocycles. The molecule has 0 aliphatic rings. The average molecular weight is 345 g/mol. The van der Waals surface area contributed by atoms with E-state index in [1.165, 1.54) is 11.1 Å². The third kappa shape index (κ3) is 4.40. The van der Waals surface area contributed by atoms with Crippen LogP contribution >= 0.6 is 0 Å². The third-order valence-corrected chi connectivity index (χ3v) is 4.96. The Hall–Kier alpha value is -2.42. The quantitative estimate of drug-likeness (QED) is 0.637. The van der Waals surface area contributed by atoms with Gasteiger partial charge < -0.3 is 10.4 Å². The van der Waals surface area contributed by atoms with Crippen molar-refractivity contribution in [2.45, 2.75) is 31.4 Å². The molecule has 26 heavy (non-hydrogen) atoms. The first-order valence-corrected chi connectivity index (χ1v) is 9.16. The lowest BCUT2D eigenvalue weighted by Gasteiger charge is -2.34. The maximum Gasteiger partial charge on any atom is 0.0966 e. The number of hydrogen-bond acceptors (Lipinski definition) is 2. The molecule has 0 amide bonds. The van der Waals surface area contributed by atoms with Crippen LogP contribution in [0.2, 0.25) is 0 Å². The van der Waals surface area contributed by atoms with Gasteiger partial charge >= 0.3 is 0 Å². The predicted octanol–water partition coefficient (Wildman–Crippen LogP) is 4.92. The van der Waals surface area contributed by atoms with Crippen molar-refractivity contribution < 1.29 is 5.11 Å². The van der Waals surface area contributed by atoms with E-state index in [0.717, 1.165) is 12.1 Å². The van der Waals surface area contributed by atoms with E-state index in [0.29, 0.717) is 0 Å². The summed E-state index contributed by atoms with van der Waals surface area (Å²) in [6.45, 7) is 4.86. The fourth-order valence-corrected chi connectivity index (χ4v) is 3.31. The van der Waals surface area contributed by atoms with Gasteiger partial charge in [-0.25, -0.2) is 0 Å². The van der Waals surface area contributed by atoms with Gasteiger partial charge in [0.2, 0.25) is 0 Å². The molecule has 0 radical (unpaired) electrons. The van der Waals surface area contributed by atoms with Crippen LogP contribution in [0.3, 0.4) is 0 Å². The number of nitrogens with one attached hydrogen (secondary N) is 1. The molecule has 3 aromatic rings. The lowest BCUT2D eigenvalue weighted by atomic mass is 9.87. The van der Waals surface area contributed by atoms with Gasteiger partial charge in [0.15, 0.2) is 0 Å². The van der Waals surface area contributed by atoms with E-state index >= 15 is 0 Å². The Morgan fingerprint density at radius 1 is 0.692 bits per heavy atom. The SMILES string of the molecule is CC(C)(NCC(c1ccccc1)c1ccccc1)C(O)c1ccccc1. The molecule has 0 bridgehead atoms. The summed E-state index contributed by atoms with van der Waals surface area (Å²) in [5.41, 5.74) is 3.04. The highest BCUT2D eigenvalue weighted by Gasteiger charge is 2.29. The van der Waals surface area contributed by atoms with E-state index in [2.05, 4.69) is 67.7 Å². The molecule has 134 valence electrons. The summed E-state index contributed by atoms with van der Waals surface area (Å²) in [5, 5.41) is 14.4. The zero-order valence-corrected chi connectivity index (χ0v) is 15.5. The van der Waals surface area contributed by atoms with Crippen LogP contribution in [0.1, 0.15) is 42.6 Å². The van der Waals surface area contributed by atoms with Crippen LogP contribution in [-0.4, -0.2) is 17.2 Å². The molecule has 0 spiro atoms. The zero-order valence-electron chi connectivity index (χ0n) is 15.5. The van der Waals surface area contributed by atoms with Gasteiger partial charge in [0.05, 0.1) is 6.10 Å². The van der Waals surface area contributed by atoms with E-state index in [4.69, 9.17) is 0 Å². The highest BCUT2D eigenvalue weighted by atomic mass is 16.3. The largest absolute Gasteiger partial charge is 0.387 e. The standard InChI is InChI=1S/C24H27NO/c1-24(2,23(26)21-16-10-5-11-17-21)25-18-22(19-12-6-3-7-13-19)20-14-8-4-9-15-20/h3-17,22-23,25-26H,18H2,1-2H3. The van der Waals surface area contributed by atoms with Crippen LogP contribution < -0.4 is 5.32 Å². The first-order valence-electron chi connectivity index (χ1n) is 9.16. The van der Waals surface area contributed by atoms with Crippen LogP contribution in [0, 0.1) is 0 Å². The van der Waals surface area contributed by atoms with E-state index in [9.17, 15) is 5.11 Å². The van der Waals surface area contributed by atoms with Gasteiger partial charge in [-0.2, -0.15) is 0 Å². The molecule has 0 fully saturated rings. The second kappa shape index (κ2) is 8.31. The zero-order chi connectivity index (χ0) is 18.4. The van der Waals surface area contributed by atoms with Crippen LogP contribution in [0.4, 0.5) is 0 Å². The van der Waals surface area contributed by atoms with Gasteiger partial charge in [-0.3, -0.25) is 0 Å². The summed E-state index contributed by atoms with van der Waals surface area (Å²) in [6, 6.07) is 30.9. The summed E-state index contributed by atoms with van der Waals surface area (Å²) in [4.78, 5) is 0. The average Bonchev–Trinajstić information content (AvgIpc) is 2.70. The highest BCUT2D eigenvalue weighted by molar-refractivity contribution is 5.33. The Morgan fingerprint density at radius 2 is 1.08 bits per heavy atom. The lowest BCUT2D eigenvalue weighted by Crippen LogP contribution is -2.46. The second-order valence-electron chi connectivity index (χ2n) is 7.29. The van der Waals surface area contributed by atoms with Crippen LogP contribution in [0.15, 0.2) is 91.0 Å². The lowest BCUT2D eigenvalue weighted by molar-refractivity contribution is 0.0799. The van der Waals surface area contributed by atoms with Gasteiger partial charge in [0.1, 0.15) is 0 Å². The maximum absolute atomic E-state index is 10.8. The summed E-state index contributed by atoms with van der Waals surface area (Å²) < 4.78 is 0. The fraction of sp³-hybridized carbons (Fsp3) is 0.250. The molecule has 3 rings (SSSR count). The monoisotopic (exact) mass is 345 g/mol. The molecule has 0 saturated carbocycles. The van der Waals surface area contributed by atoms with E-state index in [-0.39, 0.29) is 5.92 Å². The first kappa shape index (κ1) is 18.4. The Kier molecular flexibility index (Phi) is 5.87. The van der Waals surface area contributed by atoms with Crippen LogP contribution in [-0.2, 0) is 0 Å². The Labute approximate surface area is 156 Å². The minimum absolute atomic E-state index is 0.236. The van der Waals surface area contributed by atoms with Crippen molar-refractivity contribution in [1.29, 1.82) is 0 Å². The summed E-state index contributed by atoms with van der Waals surface area (Å²) >= 11 is 0. The Bertz CT molecular complexity index is 745. The van der Waals surface area contributed by atoms with Crippen molar-refractivity contribution in [3.05, 3.63) is 108 Å². The van der Waals surface area contributed by atoms with E-state index in [1.807, 2.05) is 42.5 Å². The molecule has 2 nitrogen and oxygen atoms in total. The number of aliphatic hydroxyl groups is 1. The number of rotatable bonds is 7. The minimum Gasteiger partial charge on any atom is -0.387 e. The molecule has 0 aromatic heterocycles. The van der Waals surface area contributed by atoms with Gasteiger partial charge in [-0.15, -0.1) is 0 Å². The maximum atomic E-state index is 10.8. The summed E-state index contributed by atoms with van der Waals surface area (Å²) in [7, 11) is 0. The summed E-state index contributed by atoms with van der Waals surface area (Å²) in [5.74, 6) is 0.236. The number of benzene rings is 3. The van der Waals surface area contributed by atoms with Crippen molar-refractivity contribution in [3.63, 3.8) is 0 Å². The van der Waals surface area contributed by atoms with Gasteiger partial charge in [0, 0.05) is 18.0 Å². The predicted molar refractivity (Wildman–Crippen MR) is 108 cm³/mol. The van der Waals surface area contributed by atoms with E-state index < -0.39 is 11.6 Å². The molecule has 3 aromatic carbocycles. The number of aliphatic hydroxyl groups excluding tert-OH is 1. The molecular formula is C24H27NO. The second-order valence-corrected chi connectivity index (χ2v) is 7.29. The minimum atomic E-state index is -0.573.